The Morgan fingerprint density at radius 2 is 1.09 bits per heavy atom. The summed E-state index contributed by atoms with van der Waals surface area (Å²) in [5, 5.41) is 6.48. The first-order valence-corrected chi connectivity index (χ1v) is 16.8. The van der Waals surface area contributed by atoms with Crippen LogP contribution in [0.1, 0.15) is 91.0 Å². The van der Waals surface area contributed by atoms with Gasteiger partial charge in [-0.2, -0.15) is 0 Å². The molecule has 0 spiro atoms. The quantitative estimate of drug-likeness (QED) is 0.197. The summed E-state index contributed by atoms with van der Waals surface area (Å²) in [5.74, 6) is 0. The Bertz CT molecular complexity index is 1650. The van der Waals surface area contributed by atoms with Gasteiger partial charge in [0.05, 0.1) is 0 Å². The van der Waals surface area contributed by atoms with Crippen LogP contribution in [0.15, 0.2) is 102 Å². The first-order chi connectivity index (χ1) is 20.2. The van der Waals surface area contributed by atoms with E-state index in [-0.39, 0.29) is 0 Å². The van der Waals surface area contributed by atoms with Gasteiger partial charge in [-0.15, -0.1) is 11.3 Å². The lowest BCUT2D eigenvalue weighted by atomic mass is 9.86. The second-order valence-electron chi connectivity index (χ2n) is 15.7. The van der Waals surface area contributed by atoms with Crippen molar-refractivity contribution in [2.75, 3.05) is 0 Å². The molecule has 0 saturated carbocycles. The summed E-state index contributed by atoms with van der Waals surface area (Å²) >= 11 is 1.85. The molecule has 0 nitrogen and oxygen atoms in total. The van der Waals surface area contributed by atoms with Gasteiger partial charge < -0.3 is 0 Å². The predicted octanol–water partition coefficient (Wildman–Crippen LogP) is 13.0. The van der Waals surface area contributed by atoms with E-state index >= 15 is 0 Å². The lowest BCUT2D eigenvalue weighted by Crippen LogP contribution is -2.09. The van der Waals surface area contributed by atoms with Gasteiger partial charge in [-0.05, 0) is 97.4 Å². The molecule has 4 aromatic carbocycles. The Labute approximate surface area is 265 Å². The van der Waals surface area contributed by atoms with Crippen molar-refractivity contribution >= 4 is 37.8 Å². The zero-order valence-electron chi connectivity index (χ0n) is 28.1. The molecular formula is C42H52S. The topological polar surface area (TPSA) is 0 Å². The summed E-state index contributed by atoms with van der Waals surface area (Å²) in [7, 11) is 0. The molecule has 0 radical (unpaired) electrons. The summed E-state index contributed by atoms with van der Waals surface area (Å²) in [6, 6.07) is 32.6. The van der Waals surface area contributed by atoms with Gasteiger partial charge in [0.1, 0.15) is 0 Å². The molecule has 0 atom stereocenters. The van der Waals surface area contributed by atoms with Crippen molar-refractivity contribution in [1.29, 1.82) is 0 Å². The third kappa shape index (κ3) is 9.94. The van der Waals surface area contributed by atoms with Crippen LogP contribution in [0.4, 0.5) is 0 Å². The number of fused-ring (bicyclic) bond motifs is 3. The molecule has 226 valence electrons. The Balaban J connectivity index is 0.000000148. The van der Waals surface area contributed by atoms with Crippen LogP contribution < -0.4 is 0 Å². The average Bonchev–Trinajstić information content (AvgIpc) is 3.51. The Kier molecular flexibility index (Phi) is 10.4. The summed E-state index contributed by atoms with van der Waals surface area (Å²) < 4.78 is 1.41. The molecular weight excluding hydrogens is 537 g/mol. The molecule has 43 heavy (non-hydrogen) atoms. The van der Waals surface area contributed by atoms with Crippen molar-refractivity contribution < 1.29 is 0 Å². The maximum Gasteiger partial charge on any atom is 0.0345 e. The van der Waals surface area contributed by atoms with E-state index < -0.39 is 0 Å². The highest BCUT2D eigenvalue weighted by Crippen LogP contribution is 2.36. The minimum absolute atomic E-state index is 0.351. The average molecular weight is 589 g/mol. The second kappa shape index (κ2) is 13.6. The zero-order chi connectivity index (χ0) is 31.3. The van der Waals surface area contributed by atoms with Crippen LogP contribution in [-0.4, -0.2) is 0 Å². The van der Waals surface area contributed by atoms with Gasteiger partial charge in [0, 0.05) is 4.70 Å². The van der Waals surface area contributed by atoms with E-state index in [4.69, 9.17) is 0 Å². The molecule has 6 rings (SSSR count). The van der Waals surface area contributed by atoms with Crippen LogP contribution in [0.25, 0.3) is 26.4 Å². The molecule has 5 aromatic rings. The largest absolute Gasteiger partial charge is 0.144 e. The Hall–Kier alpha value is -3.16. The molecule has 0 fully saturated rings. The molecule has 1 aromatic heterocycles. The molecule has 0 aliphatic heterocycles. The summed E-state index contributed by atoms with van der Waals surface area (Å²) in [5.41, 5.74) is 8.58. The maximum atomic E-state index is 2.38. The van der Waals surface area contributed by atoms with E-state index in [0.29, 0.717) is 16.2 Å². The van der Waals surface area contributed by atoms with Crippen molar-refractivity contribution in [3.63, 3.8) is 0 Å². The minimum Gasteiger partial charge on any atom is -0.144 e. The maximum absolute atomic E-state index is 2.38. The second-order valence-corrected chi connectivity index (χ2v) is 16.6. The minimum atomic E-state index is 0.351. The molecule has 0 N–H and O–H groups in total. The molecule has 1 heterocycles. The van der Waals surface area contributed by atoms with E-state index in [1.165, 1.54) is 55.1 Å². The van der Waals surface area contributed by atoms with Gasteiger partial charge in [0.15, 0.2) is 0 Å². The van der Waals surface area contributed by atoms with Crippen molar-refractivity contribution in [2.45, 2.75) is 88.0 Å². The zero-order valence-corrected chi connectivity index (χ0v) is 28.9. The highest BCUT2D eigenvalue weighted by atomic mass is 32.1. The van der Waals surface area contributed by atoms with E-state index in [2.05, 4.69) is 165 Å². The monoisotopic (exact) mass is 588 g/mol. The molecule has 0 unspecified atom stereocenters. The standard InChI is InChI=1S/C15H18.C14H18.C13H16S/c1-15(2,3)11-13-9-6-8-12-7-4-5-10-14(12)13;1-14(2,3)10-12-9-8-11-6-4-5-7-13(11)12;1-13(2,3)8-10-9-14-12-7-5-4-6-11(10)12/h4-10H,11H2,1-3H3;4-7,9H,8,10H2,1-3H3;4-7,9H,8H2,1-3H3. The number of thiophene rings is 1. The van der Waals surface area contributed by atoms with Gasteiger partial charge in [-0.1, -0.05) is 153 Å². The number of rotatable bonds is 3. The first kappa shape index (κ1) is 32.7. The van der Waals surface area contributed by atoms with Crippen molar-refractivity contribution in [3.8, 4) is 0 Å². The fourth-order valence-corrected chi connectivity index (χ4v) is 6.82. The summed E-state index contributed by atoms with van der Waals surface area (Å²) in [6.07, 6.45) is 6.99. The van der Waals surface area contributed by atoms with Crippen LogP contribution in [-0.2, 0) is 19.3 Å². The highest BCUT2D eigenvalue weighted by molar-refractivity contribution is 7.17. The lowest BCUT2D eigenvalue weighted by Gasteiger charge is -2.19. The number of allylic oxidation sites excluding steroid dienone is 2. The molecule has 0 saturated heterocycles. The van der Waals surface area contributed by atoms with Crippen LogP contribution in [0.2, 0.25) is 0 Å². The molecule has 0 amide bonds. The van der Waals surface area contributed by atoms with Gasteiger partial charge in [0.2, 0.25) is 0 Å². The van der Waals surface area contributed by atoms with Crippen molar-refractivity contribution in [1.82, 2.24) is 0 Å². The van der Waals surface area contributed by atoms with E-state index in [1.807, 2.05) is 11.3 Å². The van der Waals surface area contributed by atoms with Gasteiger partial charge in [-0.3, -0.25) is 0 Å². The molecule has 1 aliphatic rings. The third-order valence-electron chi connectivity index (χ3n) is 7.54. The highest BCUT2D eigenvalue weighted by Gasteiger charge is 2.19. The Morgan fingerprint density at radius 3 is 1.79 bits per heavy atom. The van der Waals surface area contributed by atoms with Crippen molar-refractivity contribution in [3.05, 3.63) is 125 Å². The molecule has 0 bridgehead atoms. The fraction of sp³-hybridized carbons (Fsp3) is 0.381. The number of hydrogen-bond donors (Lipinski definition) is 0. The molecule has 1 aliphatic carbocycles. The van der Waals surface area contributed by atoms with Gasteiger partial charge in [-0.25, -0.2) is 0 Å². The van der Waals surface area contributed by atoms with E-state index in [1.54, 1.807) is 0 Å². The van der Waals surface area contributed by atoms with E-state index in [0.717, 1.165) is 19.3 Å². The number of benzene rings is 4. The van der Waals surface area contributed by atoms with E-state index in [9.17, 15) is 0 Å². The van der Waals surface area contributed by atoms with Gasteiger partial charge >= 0.3 is 0 Å². The Morgan fingerprint density at radius 1 is 0.535 bits per heavy atom. The van der Waals surface area contributed by atoms with Crippen LogP contribution in [0.5, 0.6) is 0 Å². The smallest absolute Gasteiger partial charge is 0.0345 e. The molecule has 1 heteroatoms. The number of hydrogen-bond acceptors (Lipinski definition) is 1. The van der Waals surface area contributed by atoms with Crippen LogP contribution in [0.3, 0.4) is 0 Å². The predicted molar refractivity (Wildman–Crippen MR) is 194 cm³/mol. The normalized spacial score (nSPS) is 13.1. The van der Waals surface area contributed by atoms with Crippen LogP contribution in [0, 0.1) is 16.2 Å². The first-order valence-electron chi connectivity index (χ1n) is 15.9. The lowest BCUT2D eigenvalue weighted by molar-refractivity contribution is 0.412. The fourth-order valence-electron chi connectivity index (χ4n) is 5.85. The van der Waals surface area contributed by atoms with Gasteiger partial charge in [0.25, 0.3) is 0 Å². The summed E-state index contributed by atoms with van der Waals surface area (Å²) in [4.78, 5) is 0. The van der Waals surface area contributed by atoms with Crippen LogP contribution >= 0.6 is 11.3 Å². The summed E-state index contributed by atoms with van der Waals surface area (Å²) in [6.45, 7) is 20.6. The third-order valence-corrected chi connectivity index (χ3v) is 8.55. The SMILES string of the molecule is CC(C)(C)CC1=CCc2ccccc21.CC(C)(C)Cc1cccc2ccccc12.CC(C)(C)Cc1csc2ccccc12. The van der Waals surface area contributed by atoms with Crippen molar-refractivity contribution in [2.24, 2.45) is 16.2 Å².